The SMILES string of the molecule is COc1ccc(Nc2nnc(SC[C@H](O)COc3cccc(C)c3)s2)cc1. The van der Waals surface area contributed by atoms with Gasteiger partial charge in [-0.05, 0) is 48.9 Å². The van der Waals surface area contributed by atoms with Crippen LogP contribution < -0.4 is 14.8 Å². The smallest absolute Gasteiger partial charge is 0.210 e. The summed E-state index contributed by atoms with van der Waals surface area (Å²) in [6, 6.07) is 15.4. The van der Waals surface area contributed by atoms with Gasteiger partial charge in [-0.2, -0.15) is 0 Å². The first-order valence-electron chi connectivity index (χ1n) is 8.37. The van der Waals surface area contributed by atoms with E-state index in [-0.39, 0.29) is 6.61 Å². The predicted octanol–water partition coefficient (Wildman–Crippen LogP) is 4.13. The molecular formula is C19H21N3O3S2. The maximum absolute atomic E-state index is 10.1. The number of hydrogen-bond acceptors (Lipinski definition) is 8. The number of hydrogen-bond donors (Lipinski definition) is 2. The number of aromatic nitrogens is 2. The molecule has 27 heavy (non-hydrogen) atoms. The molecule has 2 N–H and O–H groups in total. The lowest BCUT2D eigenvalue weighted by molar-refractivity contribution is 0.126. The van der Waals surface area contributed by atoms with Crippen LogP contribution in [0.5, 0.6) is 11.5 Å². The van der Waals surface area contributed by atoms with Crippen molar-refractivity contribution in [3.05, 3.63) is 54.1 Å². The Morgan fingerprint density at radius 1 is 1.15 bits per heavy atom. The third-order valence-electron chi connectivity index (χ3n) is 3.58. The Balaban J connectivity index is 1.44. The van der Waals surface area contributed by atoms with Crippen LogP contribution >= 0.6 is 23.1 Å². The fourth-order valence-corrected chi connectivity index (χ4v) is 3.93. The van der Waals surface area contributed by atoms with E-state index in [4.69, 9.17) is 9.47 Å². The number of nitrogens with zero attached hydrogens (tertiary/aromatic N) is 2. The number of ether oxygens (including phenoxy) is 2. The highest BCUT2D eigenvalue weighted by molar-refractivity contribution is 8.01. The third-order valence-corrected chi connectivity index (χ3v) is 5.70. The van der Waals surface area contributed by atoms with Crippen LogP contribution in [0.15, 0.2) is 52.9 Å². The number of aliphatic hydroxyl groups is 1. The molecule has 0 unspecified atom stereocenters. The third kappa shape index (κ3) is 6.13. The molecule has 0 aliphatic carbocycles. The molecule has 8 heteroatoms. The average Bonchev–Trinajstić information content (AvgIpc) is 3.13. The maximum atomic E-state index is 10.1. The molecule has 2 aromatic carbocycles. The summed E-state index contributed by atoms with van der Waals surface area (Å²) in [7, 11) is 1.64. The van der Waals surface area contributed by atoms with E-state index in [0.29, 0.717) is 10.9 Å². The second-order valence-electron chi connectivity index (χ2n) is 5.82. The van der Waals surface area contributed by atoms with Crippen molar-refractivity contribution in [1.29, 1.82) is 0 Å². The molecule has 0 fully saturated rings. The van der Waals surface area contributed by atoms with Crippen molar-refractivity contribution < 1.29 is 14.6 Å². The minimum Gasteiger partial charge on any atom is -0.497 e. The Morgan fingerprint density at radius 2 is 1.96 bits per heavy atom. The van der Waals surface area contributed by atoms with Gasteiger partial charge in [-0.25, -0.2) is 0 Å². The highest BCUT2D eigenvalue weighted by Gasteiger charge is 2.10. The lowest BCUT2D eigenvalue weighted by Crippen LogP contribution is -2.20. The van der Waals surface area contributed by atoms with Crippen molar-refractivity contribution in [2.75, 3.05) is 24.8 Å². The Morgan fingerprint density at radius 3 is 2.70 bits per heavy atom. The van der Waals surface area contributed by atoms with Gasteiger partial charge in [-0.15, -0.1) is 10.2 Å². The summed E-state index contributed by atoms with van der Waals surface area (Å²) in [5.41, 5.74) is 2.04. The maximum Gasteiger partial charge on any atom is 0.210 e. The summed E-state index contributed by atoms with van der Waals surface area (Å²) in [6.45, 7) is 2.25. The molecule has 0 radical (unpaired) electrons. The number of aliphatic hydroxyl groups excluding tert-OH is 1. The molecule has 0 bridgehead atoms. The zero-order chi connectivity index (χ0) is 19.1. The van der Waals surface area contributed by atoms with Crippen molar-refractivity contribution in [1.82, 2.24) is 10.2 Å². The van der Waals surface area contributed by atoms with E-state index >= 15 is 0 Å². The number of methoxy groups -OCH3 is 1. The van der Waals surface area contributed by atoms with Gasteiger partial charge in [0.2, 0.25) is 5.13 Å². The Bertz CT molecular complexity index is 855. The van der Waals surface area contributed by atoms with Gasteiger partial charge in [-0.1, -0.05) is 35.2 Å². The Hall–Kier alpha value is -2.29. The van der Waals surface area contributed by atoms with E-state index in [0.717, 1.165) is 27.1 Å². The number of rotatable bonds is 9. The summed E-state index contributed by atoms with van der Waals surface area (Å²) in [5.74, 6) is 2.06. The Labute approximate surface area is 166 Å². The molecule has 0 saturated heterocycles. The molecule has 0 spiro atoms. The highest BCUT2D eigenvalue weighted by atomic mass is 32.2. The van der Waals surface area contributed by atoms with Crippen molar-refractivity contribution in [2.24, 2.45) is 0 Å². The molecule has 0 aliphatic heterocycles. The summed E-state index contributed by atoms with van der Waals surface area (Å²) >= 11 is 2.90. The van der Waals surface area contributed by atoms with Gasteiger partial charge in [0.05, 0.1) is 13.2 Å². The number of aryl methyl sites for hydroxylation is 1. The van der Waals surface area contributed by atoms with E-state index in [9.17, 15) is 5.11 Å². The summed E-state index contributed by atoms with van der Waals surface area (Å²) in [4.78, 5) is 0. The van der Waals surface area contributed by atoms with Gasteiger partial charge in [0.15, 0.2) is 4.34 Å². The van der Waals surface area contributed by atoms with Gasteiger partial charge >= 0.3 is 0 Å². The molecule has 142 valence electrons. The van der Waals surface area contributed by atoms with Crippen LogP contribution in [0.25, 0.3) is 0 Å². The average molecular weight is 404 g/mol. The van der Waals surface area contributed by atoms with Crippen LogP contribution in [0.1, 0.15) is 5.56 Å². The fraction of sp³-hybridized carbons (Fsp3) is 0.263. The van der Waals surface area contributed by atoms with Crippen molar-refractivity contribution in [3.63, 3.8) is 0 Å². The highest BCUT2D eigenvalue weighted by Crippen LogP contribution is 2.28. The molecule has 3 rings (SSSR count). The van der Waals surface area contributed by atoms with E-state index in [1.165, 1.54) is 23.1 Å². The molecular weight excluding hydrogens is 382 g/mol. The molecule has 1 heterocycles. The quantitative estimate of drug-likeness (QED) is 0.520. The van der Waals surface area contributed by atoms with Gasteiger partial charge in [0, 0.05) is 11.4 Å². The van der Waals surface area contributed by atoms with Crippen LogP contribution in [0.4, 0.5) is 10.8 Å². The normalized spacial score (nSPS) is 11.8. The molecule has 0 aliphatic rings. The molecule has 0 amide bonds. The van der Waals surface area contributed by atoms with Gasteiger partial charge in [-0.3, -0.25) is 0 Å². The van der Waals surface area contributed by atoms with E-state index in [1.807, 2.05) is 55.5 Å². The molecule has 1 aromatic heterocycles. The topological polar surface area (TPSA) is 76.5 Å². The van der Waals surface area contributed by atoms with Crippen LogP contribution in [0.2, 0.25) is 0 Å². The summed E-state index contributed by atoms with van der Waals surface area (Å²) in [6.07, 6.45) is -0.586. The first kappa shape index (κ1) is 19.5. The standard InChI is InChI=1S/C19H21N3O3S2/c1-13-4-3-5-17(10-13)25-11-15(23)12-26-19-22-21-18(27-19)20-14-6-8-16(24-2)9-7-14/h3-10,15,23H,11-12H2,1-2H3,(H,20,21)/t15-/m1/s1. The first-order valence-corrected chi connectivity index (χ1v) is 10.2. The lowest BCUT2D eigenvalue weighted by Gasteiger charge is -2.11. The fourth-order valence-electron chi connectivity index (χ4n) is 2.23. The minimum atomic E-state index is -0.586. The van der Waals surface area contributed by atoms with Crippen LogP contribution in [-0.4, -0.2) is 40.9 Å². The lowest BCUT2D eigenvalue weighted by atomic mass is 10.2. The molecule has 6 nitrogen and oxygen atoms in total. The Kier molecular flexibility index (Phi) is 6.92. The first-order chi connectivity index (χ1) is 13.1. The molecule has 3 aromatic rings. The van der Waals surface area contributed by atoms with Crippen molar-refractivity contribution in [3.8, 4) is 11.5 Å². The molecule has 0 saturated carbocycles. The van der Waals surface area contributed by atoms with E-state index in [2.05, 4.69) is 15.5 Å². The summed E-state index contributed by atoms with van der Waals surface area (Å²) in [5, 5.41) is 22.3. The largest absolute Gasteiger partial charge is 0.497 e. The van der Waals surface area contributed by atoms with Crippen molar-refractivity contribution >= 4 is 33.9 Å². The zero-order valence-corrected chi connectivity index (χ0v) is 16.7. The van der Waals surface area contributed by atoms with Gasteiger partial charge in [0.1, 0.15) is 18.1 Å². The molecule has 1 atom stereocenters. The monoisotopic (exact) mass is 403 g/mol. The van der Waals surface area contributed by atoms with Gasteiger partial charge in [0.25, 0.3) is 0 Å². The predicted molar refractivity (Wildman–Crippen MR) is 110 cm³/mol. The van der Waals surface area contributed by atoms with Crippen LogP contribution in [0, 0.1) is 6.92 Å². The zero-order valence-electron chi connectivity index (χ0n) is 15.1. The van der Waals surface area contributed by atoms with Crippen molar-refractivity contribution in [2.45, 2.75) is 17.4 Å². The summed E-state index contributed by atoms with van der Waals surface area (Å²) < 4.78 is 11.6. The van der Waals surface area contributed by atoms with Crippen LogP contribution in [-0.2, 0) is 0 Å². The second kappa shape index (κ2) is 9.59. The number of anilines is 2. The van der Waals surface area contributed by atoms with Gasteiger partial charge < -0.3 is 19.9 Å². The number of benzene rings is 2. The number of nitrogens with one attached hydrogen (secondary N) is 1. The number of thioether (sulfide) groups is 1. The van der Waals surface area contributed by atoms with Crippen LogP contribution in [0.3, 0.4) is 0 Å². The van der Waals surface area contributed by atoms with E-state index in [1.54, 1.807) is 7.11 Å². The van der Waals surface area contributed by atoms with E-state index < -0.39 is 6.10 Å². The minimum absolute atomic E-state index is 0.242. The second-order valence-corrected chi connectivity index (χ2v) is 8.06.